The molecule has 0 amide bonds. The topological polar surface area (TPSA) is 21.6 Å². The second-order valence-corrected chi connectivity index (χ2v) is 2.62. The van der Waals surface area contributed by atoms with Crippen LogP contribution >= 0.6 is 12.2 Å². The van der Waals surface area contributed by atoms with Crippen molar-refractivity contribution in [3.05, 3.63) is 0 Å². The lowest BCUT2D eigenvalue weighted by atomic mass is 10.2. The van der Waals surface area contributed by atoms with Gasteiger partial charge >= 0.3 is 0 Å². The van der Waals surface area contributed by atoms with Crippen LogP contribution in [-0.2, 0) is 4.74 Å². The summed E-state index contributed by atoms with van der Waals surface area (Å²) in [7, 11) is 0. The van der Waals surface area contributed by atoms with Gasteiger partial charge in [-0.2, -0.15) is 0 Å². The van der Waals surface area contributed by atoms with Crippen LogP contribution in [0, 0.1) is 5.92 Å². The third-order valence-corrected chi connectivity index (χ3v) is 0.992. The number of hydrogen-bond donors (Lipinski definition) is 0. The molecule has 0 rings (SSSR count). The van der Waals surface area contributed by atoms with Crippen LogP contribution in [0.5, 0.6) is 0 Å². The number of thiocarbonyl (C=S) groups is 1. The molecule has 0 aliphatic rings. The monoisotopic (exact) mass is 159 g/mol. The van der Waals surface area contributed by atoms with E-state index in [0.717, 1.165) is 6.61 Å². The van der Waals surface area contributed by atoms with Crippen LogP contribution in [-0.4, -0.2) is 24.9 Å². The van der Waals surface area contributed by atoms with Crippen molar-refractivity contribution in [3.8, 4) is 0 Å². The molecule has 0 atom stereocenters. The molecule has 3 heteroatoms. The molecular weight excluding hydrogens is 146 g/mol. The molecule has 0 fully saturated rings. The summed E-state index contributed by atoms with van der Waals surface area (Å²) in [6.45, 7) is 6.32. The number of nitrogens with zero attached hydrogens (tertiary/aromatic N) is 1. The van der Waals surface area contributed by atoms with E-state index in [1.165, 1.54) is 0 Å². The summed E-state index contributed by atoms with van der Waals surface area (Å²) in [6.07, 6.45) is 0. The maximum atomic E-state index is 5.22. The molecule has 0 aliphatic heterocycles. The standard InChI is InChI=1S/C7H13NOS/c1-7(2)5-9-4-3-8-6-10/h7H,3-5H2,1-2H3. The average Bonchev–Trinajstić information content (AvgIpc) is 1.87. The van der Waals surface area contributed by atoms with Crippen molar-refractivity contribution in [1.82, 2.24) is 0 Å². The lowest BCUT2D eigenvalue weighted by Gasteiger charge is -2.03. The van der Waals surface area contributed by atoms with E-state index in [1.54, 1.807) is 0 Å². The summed E-state index contributed by atoms with van der Waals surface area (Å²) in [5.74, 6) is 0.594. The minimum absolute atomic E-state index is 0.594. The lowest BCUT2D eigenvalue weighted by molar-refractivity contribution is 0.117. The van der Waals surface area contributed by atoms with Crippen molar-refractivity contribution in [1.29, 1.82) is 0 Å². The molecule has 58 valence electrons. The van der Waals surface area contributed by atoms with Crippen molar-refractivity contribution in [2.24, 2.45) is 10.9 Å². The Hall–Kier alpha value is -0.240. The van der Waals surface area contributed by atoms with Crippen molar-refractivity contribution < 1.29 is 4.74 Å². The SMILES string of the molecule is CC(C)COCCN=C=S. The zero-order valence-electron chi connectivity index (χ0n) is 6.46. The fourth-order valence-electron chi connectivity index (χ4n) is 0.475. The van der Waals surface area contributed by atoms with E-state index in [2.05, 4.69) is 36.2 Å². The molecule has 0 saturated carbocycles. The summed E-state index contributed by atoms with van der Waals surface area (Å²) < 4.78 is 5.22. The highest BCUT2D eigenvalue weighted by Crippen LogP contribution is 1.91. The number of rotatable bonds is 5. The fourth-order valence-corrected chi connectivity index (χ4v) is 0.566. The highest BCUT2D eigenvalue weighted by Gasteiger charge is 1.91. The summed E-state index contributed by atoms with van der Waals surface area (Å²) in [5, 5.41) is 2.28. The Kier molecular flexibility index (Phi) is 6.71. The highest BCUT2D eigenvalue weighted by molar-refractivity contribution is 7.78. The maximum absolute atomic E-state index is 5.22. The Morgan fingerprint density at radius 3 is 2.80 bits per heavy atom. The van der Waals surface area contributed by atoms with Gasteiger partial charge in [0.15, 0.2) is 0 Å². The Morgan fingerprint density at radius 1 is 1.60 bits per heavy atom. The Morgan fingerprint density at radius 2 is 2.30 bits per heavy atom. The van der Waals surface area contributed by atoms with Crippen molar-refractivity contribution in [3.63, 3.8) is 0 Å². The molecule has 0 N–H and O–H groups in total. The van der Waals surface area contributed by atoms with Gasteiger partial charge in [-0.25, -0.2) is 4.99 Å². The van der Waals surface area contributed by atoms with E-state index in [9.17, 15) is 0 Å². The van der Waals surface area contributed by atoms with Crippen LogP contribution in [0.25, 0.3) is 0 Å². The first-order valence-corrected chi connectivity index (χ1v) is 3.79. The second-order valence-electron chi connectivity index (χ2n) is 2.44. The predicted octanol–water partition coefficient (Wildman–Crippen LogP) is 1.76. The van der Waals surface area contributed by atoms with Gasteiger partial charge in [0.1, 0.15) is 0 Å². The fraction of sp³-hybridized carbons (Fsp3) is 0.857. The lowest BCUT2D eigenvalue weighted by Crippen LogP contribution is -2.04. The van der Waals surface area contributed by atoms with Crippen LogP contribution in [0.15, 0.2) is 4.99 Å². The first-order valence-electron chi connectivity index (χ1n) is 3.38. The van der Waals surface area contributed by atoms with Gasteiger partial charge in [0, 0.05) is 6.61 Å². The first kappa shape index (κ1) is 9.76. The summed E-state index contributed by atoms with van der Waals surface area (Å²) >= 11 is 4.38. The minimum Gasteiger partial charge on any atom is -0.379 e. The highest BCUT2D eigenvalue weighted by atomic mass is 32.1. The Balaban J connectivity index is 2.98. The van der Waals surface area contributed by atoms with Gasteiger partial charge in [-0.15, -0.1) is 0 Å². The van der Waals surface area contributed by atoms with Crippen LogP contribution in [0.1, 0.15) is 13.8 Å². The van der Waals surface area contributed by atoms with Gasteiger partial charge in [0.2, 0.25) is 0 Å². The normalized spacial score (nSPS) is 9.50. The van der Waals surface area contributed by atoms with E-state index in [4.69, 9.17) is 4.74 Å². The largest absolute Gasteiger partial charge is 0.379 e. The van der Waals surface area contributed by atoms with Crippen LogP contribution in [0.4, 0.5) is 0 Å². The molecule has 0 aromatic heterocycles. The second kappa shape index (κ2) is 6.87. The number of isothiocyanates is 1. The molecule has 0 aliphatic carbocycles. The predicted molar refractivity (Wildman–Crippen MR) is 45.6 cm³/mol. The molecule has 0 spiro atoms. The van der Waals surface area contributed by atoms with Gasteiger partial charge < -0.3 is 4.74 Å². The molecule has 0 radical (unpaired) electrons. The quantitative estimate of drug-likeness (QED) is 0.346. The van der Waals surface area contributed by atoms with Crippen molar-refractivity contribution in [2.75, 3.05) is 19.8 Å². The summed E-state index contributed by atoms with van der Waals surface area (Å²) in [5.41, 5.74) is 0. The zero-order valence-corrected chi connectivity index (χ0v) is 7.28. The van der Waals surface area contributed by atoms with Crippen molar-refractivity contribution >= 4 is 17.4 Å². The summed E-state index contributed by atoms with van der Waals surface area (Å²) in [4.78, 5) is 3.71. The molecule has 0 saturated heterocycles. The summed E-state index contributed by atoms with van der Waals surface area (Å²) in [6, 6.07) is 0. The Bertz CT molecular complexity index is 119. The van der Waals surface area contributed by atoms with Crippen LogP contribution in [0.3, 0.4) is 0 Å². The molecule has 0 aromatic rings. The van der Waals surface area contributed by atoms with Gasteiger partial charge in [0.25, 0.3) is 0 Å². The van der Waals surface area contributed by atoms with E-state index in [1.807, 2.05) is 0 Å². The zero-order chi connectivity index (χ0) is 7.82. The minimum atomic E-state index is 0.594. The number of ether oxygens (including phenoxy) is 1. The van der Waals surface area contributed by atoms with E-state index >= 15 is 0 Å². The number of hydrogen-bond acceptors (Lipinski definition) is 3. The van der Waals surface area contributed by atoms with E-state index in [-0.39, 0.29) is 0 Å². The molecule has 0 aromatic carbocycles. The van der Waals surface area contributed by atoms with Crippen LogP contribution < -0.4 is 0 Å². The van der Waals surface area contributed by atoms with Gasteiger partial charge in [-0.3, -0.25) is 0 Å². The molecule has 0 unspecified atom stereocenters. The van der Waals surface area contributed by atoms with Gasteiger partial charge in [0.05, 0.1) is 18.3 Å². The smallest absolute Gasteiger partial charge is 0.0727 e. The van der Waals surface area contributed by atoms with Crippen molar-refractivity contribution in [2.45, 2.75) is 13.8 Å². The van der Waals surface area contributed by atoms with E-state index < -0.39 is 0 Å². The molecule has 10 heavy (non-hydrogen) atoms. The van der Waals surface area contributed by atoms with Gasteiger partial charge in [-0.1, -0.05) is 13.8 Å². The maximum Gasteiger partial charge on any atom is 0.0727 e. The van der Waals surface area contributed by atoms with Gasteiger partial charge in [-0.05, 0) is 18.1 Å². The first-order chi connectivity index (χ1) is 4.77. The van der Waals surface area contributed by atoms with E-state index in [0.29, 0.717) is 19.1 Å². The Labute approximate surface area is 67.3 Å². The molecule has 2 nitrogen and oxygen atoms in total. The molecular formula is C7H13NOS. The number of aliphatic imine (C=N–C) groups is 1. The van der Waals surface area contributed by atoms with Crippen LogP contribution in [0.2, 0.25) is 0 Å². The molecule has 0 heterocycles. The molecule has 0 bridgehead atoms. The average molecular weight is 159 g/mol. The third-order valence-electron chi connectivity index (χ3n) is 0.863. The third kappa shape index (κ3) is 7.76.